The number of nitrogens with one attached hydrogen (secondary N) is 1. The number of rotatable bonds is 4. The predicted octanol–water partition coefficient (Wildman–Crippen LogP) is 4.09. The summed E-state index contributed by atoms with van der Waals surface area (Å²) in [5, 5.41) is 2.62. The highest BCUT2D eigenvalue weighted by molar-refractivity contribution is 5.94. The van der Waals surface area contributed by atoms with Crippen LogP contribution >= 0.6 is 0 Å². The first-order valence-electron chi connectivity index (χ1n) is 7.74. The summed E-state index contributed by atoms with van der Waals surface area (Å²) < 4.78 is 38.2. The van der Waals surface area contributed by atoms with Crippen LogP contribution in [0, 0.1) is 0 Å². The Kier molecular flexibility index (Phi) is 4.97. The van der Waals surface area contributed by atoms with Gasteiger partial charge in [-0.1, -0.05) is 6.07 Å². The molecule has 0 radical (unpaired) electrons. The van der Waals surface area contributed by atoms with E-state index in [1.54, 1.807) is 36.8 Å². The van der Waals surface area contributed by atoms with Crippen molar-refractivity contribution in [2.24, 2.45) is 0 Å². The number of alkyl halides is 3. The molecule has 0 saturated heterocycles. The first kappa shape index (κ1) is 17.6. The lowest BCUT2D eigenvalue weighted by molar-refractivity contribution is -0.137. The van der Waals surface area contributed by atoms with Crippen molar-refractivity contribution in [3.8, 4) is 11.3 Å². The van der Waals surface area contributed by atoms with Crippen LogP contribution in [-0.2, 0) is 12.7 Å². The third kappa shape index (κ3) is 4.24. The molecule has 0 bridgehead atoms. The molecule has 7 heteroatoms. The number of nitrogens with zero attached hydrogens (tertiary/aromatic N) is 2. The summed E-state index contributed by atoms with van der Waals surface area (Å²) in [5.74, 6) is -0.573. The molecular weight excluding hydrogens is 343 g/mol. The first-order chi connectivity index (χ1) is 12.4. The largest absolute Gasteiger partial charge is 0.416 e. The van der Waals surface area contributed by atoms with E-state index in [4.69, 9.17) is 0 Å². The van der Waals surface area contributed by atoms with Crippen LogP contribution in [0.1, 0.15) is 21.5 Å². The third-order valence-electron chi connectivity index (χ3n) is 3.69. The second-order valence-corrected chi connectivity index (χ2v) is 5.55. The second-order valence-electron chi connectivity index (χ2n) is 5.55. The monoisotopic (exact) mass is 357 g/mol. The number of hydrogen-bond acceptors (Lipinski definition) is 3. The quantitative estimate of drug-likeness (QED) is 0.765. The van der Waals surface area contributed by atoms with E-state index in [9.17, 15) is 18.0 Å². The van der Waals surface area contributed by atoms with Gasteiger partial charge in [0.1, 0.15) is 0 Å². The highest BCUT2D eigenvalue weighted by Crippen LogP contribution is 2.29. The lowest BCUT2D eigenvalue weighted by atomic mass is 10.1. The topological polar surface area (TPSA) is 54.9 Å². The second kappa shape index (κ2) is 7.35. The molecule has 0 fully saturated rings. The summed E-state index contributed by atoms with van der Waals surface area (Å²) >= 11 is 0. The summed E-state index contributed by atoms with van der Waals surface area (Å²) in [6, 6.07) is 11.5. The molecule has 26 heavy (non-hydrogen) atoms. The van der Waals surface area contributed by atoms with Gasteiger partial charge in [-0.05, 0) is 48.0 Å². The standard InChI is InChI=1S/C19H14F3N3O/c20-19(21,22)16-5-1-3-14(10-16)18(26)25-11-13-6-8-24-17(9-13)15-4-2-7-23-12-15/h1-10,12H,11H2,(H,25,26). The van der Waals surface area contributed by atoms with Gasteiger partial charge in [0.2, 0.25) is 0 Å². The summed E-state index contributed by atoms with van der Waals surface area (Å²) in [7, 11) is 0. The number of benzene rings is 1. The number of pyridine rings is 2. The van der Waals surface area contributed by atoms with Crippen molar-refractivity contribution in [2.45, 2.75) is 12.7 Å². The average molecular weight is 357 g/mol. The third-order valence-corrected chi connectivity index (χ3v) is 3.69. The van der Waals surface area contributed by atoms with Crippen LogP contribution in [0.5, 0.6) is 0 Å². The van der Waals surface area contributed by atoms with E-state index in [-0.39, 0.29) is 12.1 Å². The molecule has 1 aromatic carbocycles. The fourth-order valence-electron chi connectivity index (χ4n) is 2.38. The highest BCUT2D eigenvalue weighted by Gasteiger charge is 2.30. The van der Waals surface area contributed by atoms with Gasteiger partial charge in [-0.25, -0.2) is 0 Å². The molecule has 3 rings (SSSR count). The molecule has 0 aliphatic carbocycles. The van der Waals surface area contributed by atoms with Crippen molar-refractivity contribution in [3.05, 3.63) is 83.8 Å². The fraction of sp³-hybridized carbons (Fsp3) is 0.105. The Morgan fingerprint density at radius 2 is 1.88 bits per heavy atom. The minimum Gasteiger partial charge on any atom is -0.348 e. The smallest absolute Gasteiger partial charge is 0.348 e. The molecule has 0 atom stereocenters. The van der Waals surface area contributed by atoms with Crippen molar-refractivity contribution < 1.29 is 18.0 Å². The summed E-state index contributed by atoms with van der Waals surface area (Å²) in [6.45, 7) is 0.171. The molecule has 0 unspecified atom stereocenters. The van der Waals surface area contributed by atoms with Gasteiger partial charge in [0.15, 0.2) is 0 Å². The van der Waals surface area contributed by atoms with Crippen LogP contribution in [0.4, 0.5) is 13.2 Å². The Labute approximate surface area is 147 Å². The Hall–Kier alpha value is -3.22. The van der Waals surface area contributed by atoms with Crippen LogP contribution in [-0.4, -0.2) is 15.9 Å². The predicted molar refractivity (Wildman–Crippen MR) is 90.1 cm³/mol. The average Bonchev–Trinajstić information content (AvgIpc) is 2.66. The van der Waals surface area contributed by atoms with Gasteiger partial charge in [0.25, 0.3) is 5.91 Å². The summed E-state index contributed by atoms with van der Waals surface area (Å²) in [5.41, 5.74) is 1.41. The maximum absolute atomic E-state index is 12.7. The molecular formula is C19H14F3N3O. The van der Waals surface area contributed by atoms with Crippen molar-refractivity contribution >= 4 is 5.91 Å². The number of halogens is 3. The van der Waals surface area contributed by atoms with E-state index in [0.29, 0.717) is 5.69 Å². The molecule has 1 amide bonds. The Morgan fingerprint density at radius 1 is 1.04 bits per heavy atom. The Bertz CT molecular complexity index is 911. The minimum atomic E-state index is -4.49. The van der Waals surface area contributed by atoms with Crippen LogP contribution in [0.2, 0.25) is 0 Å². The zero-order valence-corrected chi connectivity index (χ0v) is 13.5. The molecule has 0 spiro atoms. The van der Waals surface area contributed by atoms with Gasteiger partial charge in [0, 0.05) is 36.3 Å². The molecule has 1 N–H and O–H groups in total. The lowest BCUT2D eigenvalue weighted by Gasteiger charge is -2.10. The van der Waals surface area contributed by atoms with Gasteiger partial charge < -0.3 is 5.32 Å². The SMILES string of the molecule is O=C(NCc1ccnc(-c2cccnc2)c1)c1cccc(C(F)(F)F)c1. The van der Waals surface area contributed by atoms with E-state index in [1.807, 2.05) is 6.07 Å². The first-order valence-corrected chi connectivity index (χ1v) is 7.74. The van der Waals surface area contributed by atoms with Crippen molar-refractivity contribution in [1.82, 2.24) is 15.3 Å². The molecule has 2 aromatic heterocycles. The van der Waals surface area contributed by atoms with Crippen molar-refractivity contribution in [3.63, 3.8) is 0 Å². The molecule has 3 aromatic rings. The minimum absolute atomic E-state index is 0.0404. The Morgan fingerprint density at radius 3 is 2.62 bits per heavy atom. The van der Waals surface area contributed by atoms with Crippen LogP contribution in [0.25, 0.3) is 11.3 Å². The van der Waals surface area contributed by atoms with Gasteiger partial charge in [0.05, 0.1) is 11.3 Å². The zero-order valence-electron chi connectivity index (χ0n) is 13.5. The zero-order chi connectivity index (χ0) is 18.6. The van der Waals surface area contributed by atoms with Crippen molar-refractivity contribution in [2.75, 3.05) is 0 Å². The molecule has 2 heterocycles. The highest BCUT2D eigenvalue weighted by atomic mass is 19.4. The van der Waals surface area contributed by atoms with Crippen LogP contribution in [0.3, 0.4) is 0 Å². The van der Waals surface area contributed by atoms with Gasteiger partial charge >= 0.3 is 6.18 Å². The number of carbonyl (C=O) groups excluding carboxylic acids is 1. The fourth-order valence-corrected chi connectivity index (χ4v) is 2.38. The maximum atomic E-state index is 12.7. The Balaban J connectivity index is 1.71. The molecule has 0 aliphatic rings. The van der Waals surface area contributed by atoms with Crippen LogP contribution < -0.4 is 5.32 Å². The van der Waals surface area contributed by atoms with E-state index >= 15 is 0 Å². The summed E-state index contributed by atoms with van der Waals surface area (Å²) in [6.07, 6.45) is 0.448. The maximum Gasteiger partial charge on any atom is 0.416 e. The number of aromatic nitrogens is 2. The normalized spacial score (nSPS) is 11.2. The summed E-state index contributed by atoms with van der Waals surface area (Å²) in [4.78, 5) is 20.4. The van der Waals surface area contributed by atoms with Gasteiger partial charge in [-0.2, -0.15) is 13.2 Å². The molecule has 0 saturated carbocycles. The van der Waals surface area contributed by atoms with E-state index in [0.717, 1.165) is 23.3 Å². The van der Waals surface area contributed by atoms with Crippen molar-refractivity contribution in [1.29, 1.82) is 0 Å². The van der Waals surface area contributed by atoms with Crippen LogP contribution in [0.15, 0.2) is 67.1 Å². The molecule has 0 aliphatic heterocycles. The molecule has 4 nitrogen and oxygen atoms in total. The number of hydrogen-bond donors (Lipinski definition) is 1. The lowest BCUT2D eigenvalue weighted by Crippen LogP contribution is -2.23. The number of amides is 1. The molecule has 132 valence electrons. The van der Waals surface area contributed by atoms with E-state index in [2.05, 4.69) is 15.3 Å². The van der Waals surface area contributed by atoms with E-state index < -0.39 is 17.6 Å². The number of carbonyl (C=O) groups is 1. The van der Waals surface area contributed by atoms with Gasteiger partial charge in [-0.15, -0.1) is 0 Å². The van der Waals surface area contributed by atoms with E-state index in [1.165, 1.54) is 12.1 Å². The van der Waals surface area contributed by atoms with Gasteiger partial charge in [-0.3, -0.25) is 14.8 Å².